The Balaban J connectivity index is 2.72. The van der Waals surface area contributed by atoms with Crippen LogP contribution in [0.2, 0.25) is 0 Å². The van der Waals surface area contributed by atoms with Gasteiger partial charge in [0.2, 0.25) is 0 Å². The van der Waals surface area contributed by atoms with Crippen molar-refractivity contribution in [3.05, 3.63) is 23.8 Å². The summed E-state index contributed by atoms with van der Waals surface area (Å²) in [5, 5.41) is 12.3. The minimum absolute atomic E-state index is 0.0184. The molecule has 0 unspecified atom stereocenters. The largest absolute Gasteiger partial charge is 0.478 e. The van der Waals surface area contributed by atoms with Crippen molar-refractivity contribution in [3.8, 4) is 0 Å². The van der Waals surface area contributed by atoms with E-state index in [2.05, 4.69) is 36.1 Å². The van der Waals surface area contributed by atoms with Gasteiger partial charge in [0.25, 0.3) is 0 Å². The van der Waals surface area contributed by atoms with E-state index in [-0.39, 0.29) is 11.1 Å². The van der Waals surface area contributed by atoms with Gasteiger partial charge in [0.15, 0.2) is 0 Å². The summed E-state index contributed by atoms with van der Waals surface area (Å²) in [6, 6.07) is 0. The van der Waals surface area contributed by atoms with Gasteiger partial charge in [0.05, 0.1) is 5.69 Å². The molecule has 17 heavy (non-hydrogen) atoms. The van der Waals surface area contributed by atoms with Crippen LogP contribution in [0.15, 0.2) is 12.5 Å². The molecule has 5 heteroatoms. The van der Waals surface area contributed by atoms with Gasteiger partial charge in [-0.15, -0.1) is 0 Å². The molecule has 94 valence electrons. The average Bonchev–Trinajstić information content (AvgIpc) is 2.27. The summed E-state index contributed by atoms with van der Waals surface area (Å²) < 4.78 is 0. The lowest BCUT2D eigenvalue weighted by molar-refractivity contribution is 0.0694. The van der Waals surface area contributed by atoms with E-state index in [1.54, 1.807) is 0 Å². The molecule has 1 heterocycles. The lowest BCUT2D eigenvalue weighted by Crippen LogP contribution is -2.39. The lowest BCUT2D eigenvalue weighted by atomic mass is 9.99. The van der Waals surface area contributed by atoms with E-state index in [1.165, 1.54) is 12.5 Å². The molecule has 0 aromatic carbocycles. The van der Waals surface area contributed by atoms with Gasteiger partial charge >= 0.3 is 5.97 Å². The van der Waals surface area contributed by atoms with Crippen LogP contribution in [0.4, 0.5) is 0 Å². The first kappa shape index (κ1) is 13.6. The van der Waals surface area contributed by atoms with Crippen molar-refractivity contribution in [2.45, 2.75) is 45.7 Å². The van der Waals surface area contributed by atoms with E-state index >= 15 is 0 Å². The molecule has 0 saturated heterocycles. The second-order valence-electron chi connectivity index (χ2n) is 4.68. The zero-order chi connectivity index (χ0) is 12.9. The van der Waals surface area contributed by atoms with Gasteiger partial charge in [-0.3, -0.25) is 0 Å². The fourth-order valence-corrected chi connectivity index (χ4v) is 1.71. The number of carboxylic acid groups (broad SMARTS) is 1. The molecule has 0 aliphatic rings. The minimum atomic E-state index is -0.990. The first-order valence-electron chi connectivity index (χ1n) is 5.73. The van der Waals surface area contributed by atoms with Crippen molar-refractivity contribution in [2.75, 3.05) is 0 Å². The van der Waals surface area contributed by atoms with Crippen LogP contribution in [0.5, 0.6) is 0 Å². The summed E-state index contributed by atoms with van der Waals surface area (Å²) in [7, 11) is 0. The Morgan fingerprint density at radius 2 is 2.24 bits per heavy atom. The van der Waals surface area contributed by atoms with Crippen LogP contribution < -0.4 is 5.32 Å². The molecule has 1 aromatic heterocycles. The van der Waals surface area contributed by atoms with Gasteiger partial charge in [-0.2, -0.15) is 0 Å². The van der Waals surface area contributed by atoms with Crippen molar-refractivity contribution in [1.29, 1.82) is 0 Å². The molecule has 1 aromatic rings. The van der Waals surface area contributed by atoms with Crippen LogP contribution in [-0.4, -0.2) is 26.6 Å². The van der Waals surface area contributed by atoms with Gasteiger partial charge in [-0.25, -0.2) is 14.8 Å². The summed E-state index contributed by atoms with van der Waals surface area (Å²) in [6.07, 6.45) is 4.81. The van der Waals surface area contributed by atoms with E-state index in [1.807, 2.05) is 0 Å². The highest BCUT2D eigenvalue weighted by atomic mass is 16.4. The molecule has 0 spiro atoms. The molecule has 0 fully saturated rings. The quantitative estimate of drug-likeness (QED) is 0.789. The van der Waals surface area contributed by atoms with Crippen LogP contribution in [-0.2, 0) is 6.54 Å². The molecule has 0 aliphatic heterocycles. The first-order chi connectivity index (χ1) is 7.96. The maximum Gasteiger partial charge on any atom is 0.339 e. The predicted molar refractivity (Wildman–Crippen MR) is 64.8 cm³/mol. The molecular weight excluding hydrogens is 218 g/mol. The summed E-state index contributed by atoms with van der Waals surface area (Å²) in [5.74, 6) is -0.990. The van der Waals surface area contributed by atoms with Crippen molar-refractivity contribution >= 4 is 5.97 Å². The number of carbonyl (C=O) groups is 1. The minimum Gasteiger partial charge on any atom is -0.478 e. The van der Waals surface area contributed by atoms with Crippen LogP contribution in [0.3, 0.4) is 0 Å². The number of hydrogen-bond donors (Lipinski definition) is 2. The van der Waals surface area contributed by atoms with Crippen molar-refractivity contribution < 1.29 is 9.90 Å². The fraction of sp³-hybridized carbons (Fsp3) is 0.583. The highest BCUT2D eigenvalue weighted by Gasteiger charge is 2.18. The van der Waals surface area contributed by atoms with Crippen LogP contribution >= 0.6 is 0 Å². The van der Waals surface area contributed by atoms with E-state index in [0.717, 1.165) is 12.8 Å². The van der Waals surface area contributed by atoms with E-state index < -0.39 is 5.97 Å². The van der Waals surface area contributed by atoms with Crippen LogP contribution in [0.1, 0.15) is 49.7 Å². The number of aromatic nitrogens is 2. The van der Waals surface area contributed by atoms with Crippen molar-refractivity contribution in [2.24, 2.45) is 0 Å². The van der Waals surface area contributed by atoms with Crippen molar-refractivity contribution in [3.63, 3.8) is 0 Å². The van der Waals surface area contributed by atoms with Crippen molar-refractivity contribution in [1.82, 2.24) is 15.3 Å². The smallest absolute Gasteiger partial charge is 0.339 e. The van der Waals surface area contributed by atoms with Gasteiger partial charge in [-0.05, 0) is 20.3 Å². The summed E-state index contributed by atoms with van der Waals surface area (Å²) in [5.41, 5.74) is 0.666. The third kappa shape index (κ3) is 4.11. The van der Waals surface area contributed by atoms with Gasteiger partial charge in [0, 0.05) is 18.3 Å². The maximum absolute atomic E-state index is 11.0. The molecule has 0 bridgehead atoms. The summed E-state index contributed by atoms with van der Waals surface area (Å²) in [4.78, 5) is 18.7. The molecule has 1 rings (SSSR count). The molecular formula is C12H19N3O2. The Morgan fingerprint density at radius 1 is 1.53 bits per heavy atom. The Bertz CT molecular complexity index is 391. The molecule has 0 aliphatic carbocycles. The van der Waals surface area contributed by atoms with Gasteiger partial charge in [0.1, 0.15) is 11.9 Å². The fourth-order valence-electron chi connectivity index (χ4n) is 1.71. The number of nitrogens with one attached hydrogen (secondary N) is 1. The zero-order valence-electron chi connectivity index (χ0n) is 10.5. The highest BCUT2D eigenvalue weighted by molar-refractivity contribution is 5.88. The zero-order valence-corrected chi connectivity index (χ0v) is 10.5. The lowest BCUT2D eigenvalue weighted by Gasteiger charge is -2.25. The van der Waals surface area contributed by atoms with E-state index in [9.17, 15) is 4.79 Å². The van der Waals surface area contributed by atoms with E-state index in [4.69, 9.17) is 5.11 Å². The standard InChI is InChI=1S/C12H19N3O2/c1-4-5-12(2,3)15-7-10-9(11(16)17)6-13-8-14-10/h6,8,15H,4-5,7H2,1-3H3,(H,16,17). The average molecular weight is 237 g/mol. The third-order valence-electron chi connectivity index (χ3n) is 2.63. The molecule has 2 N–H and O–H groups in total. The number of hydrogen-bond acceptors (Lipinski definition) is 4. The summed E-state index contributed by atoms with van der Waals surface area (Å²) in [6.45, 7) is 6.75. The van der Waals surface area contributed by atoms with Crippen LogP contribution in [0, 0.1) is 0 Å². The molecule has 0 amide bonds. The molecule has 5 nitrogen and oxygen atoms in total. The Hall–Kier alpha value is -1.49. The van der Waals surface area contributed by atoms with Crippen LogP contribution in [0.25, 0.3) is 0 Å². The number of nitrogens with zero attached hydrogens (tertiary/aromatic N) is 2. The Kier molecular flexibility index (Phi) is 4.57. The molecule has 0 radical (unpaired) electrons. The second kappa shape index (κ2) is 5.72. The first-order valence-corrected chi connectivity index (χ1v) is 5.73. The SMILES string of the molecule is CCCC(C)(C)NCc1ncncc1C(=O)O. The number of carboxylic acids is 1. The number of rotatable bonds is 6. The second-order valence-corrected chi connectivity index (χ2v) is 4.68. The third-order valence-corrected chi connectivity index (χ3v) is 2.63. The molecule has 0 saturated carbocycles. The summed E-state index contributed by atoms with van der Waals surface area (Å²) >= 11 is 0. The normalized spacial score (nSPS) is 11.5. The monoisotopic (exact) mass is 237 g/mol. The Morgan fingerprint density at radius 3 is 2.82 bits per heavy atom. The predicted octanol–water partition coefficient (Wildman–Crippen LogP) is 1.84. The van der Waals surface area contributed by atoms with Gasteiger partial charge < -0.3 is 10.4 Å². The highest BCUT2D eigenvalue weighted by Crippen LogP contribution is 2.12. The van der Waals surface area contributed by atoms with Gasteiger partial charge in [-0.1, -0.05) is 13.3 Å². The molecule has 0 atom stereocenters. The topological polar surface area (TPSA) is 75.1 Å². The maximum atomic E-state index is 11.0. The number of aromatic carboxylic acids is 1. The Labute approximate surface area is 101 Å². The van der Waals surface area contributed by atoms with E-state index in [0.29, 0.717) is 12.2 Å².